The molecule has 0 amide bonds. The van der Waals surface area contributed by atoms with Crippen LogP contribution in [0, 0.1) is 10.7 Å². The lowest BCUT2D eigenvalue weighted by atomic mass is 10.5. The Morgan fingerprint density at radius 3 is 3.07 bits per heavy atom. The van der Waals surface area contributed by atoms with Crippen LogP contribution in [0.4, 0.5) is 0 Å². The van der Waals surface area contributed by atoms with Crippen molar-refractivity contribution in [3.63, 3.8) is 0 Å². The molecule has 1 aliphatic rings. The molecule has 0 radical (unpaired) electrons. The molecule has 15 heavy (non-hydrogen) atoms. The van der Waals surface area contributed by atoms with Crippen molar-refractivity contribution >= 4 is 12.2 Å². The molecule has 0 spiro atoms. The van der Waals surface area contributed by atoms with Gasteiger partial charge in [-0.05, 0) is 31.0 Å². The Labute approximate surface area is 93.1 Å². The van der Waals surface area contributed by atoms with E-state index in [2.05, 4.69) is 10.2 Å². The van der Waals surface area contributed by atoms with Crippen molar-refractivity contribution in [1.82, 2.24) is 14.8 Å². The van der Waals surface area contributed by atoms with Crippen LogP contribution in [0.3, 0.4) is 0 Å². The molecule has 1 aromatic heterocycles. The molecule has 1 aromatic rings. The second-order valence-corrected chi connectivity index (χ2v) is 4.16. The van der Waals surface area contributed by atoms with Gasteiger partial charge in [-0.3, -0.25) is 9.67 Å². The molecule has 1 heterocycles. The van der Waals surface area contributed by atoms with Gasteiger partial charge in [0.25, 0.3) is 0 Å². The van der Waals surface area contributed by atoms with E-state index in [9.17, 15) is 0 Å². The van der Waals surface area contributed by atoms with Crippen molar-refractivity contribution < 1.29 is 9.84 Å². The van der Waals surface area contributed by atoms with Crippen LogP contribution in [0.25, 0.3) is 0 Å². The molecule has 0 bridgehead atoms. The number of nitrogens with zero attached hydrogens (tertiary/aromatic N) is 2. The summed E-state index contributed by atoms with van der Waals surface area (Å²) in [6, 6.07) is 0. The lowest BCUT2D eigenvalue weighted by Gasteiger charge is -2.05. The first-order valence-electron chi connectivity index (χ1n) is 5.14. The van der Waals surface area contributed by atoms with E-state index < -0.39 is 0 Å². The molecular formula is C9H15N3O2S. The third-order valence-electron chi connectivity index (χ3n) is 2.49. The van der Waals surface area contributed by atoms with Gasteiger partial charge in [0, 0.05) is 6.61 Å². The van der Waals surface area contributed by atoms with Gasteiger partial charge in [-0.1, -0.05) is 0 Å². The quantitative estimate of drug-likeness (QED) is 0.561. The first-order chi connectivity index (χ1) is 7.31. The zero-order valence-electron chi connectivity index (χ0n) is 8.48. The standard InChI is InChI=1S/C9H15N3O2S/c13-5-8-10-11-9(15)12(8)3-4-14-6-7-1-2-7/h7,13H,1-6H2,(H,11,15). The number of H-pyrrole nitrogens is 1. The summed E-state index contributed by atoms with van der Waals surface area (Å²) in [5, 5.41) is 15.5. The van der Waals surface area contributed by atoms with Gasteiger partial charge in [0.05, 0.1) is 13.2 Å². The molecule has 6 heteroatoms. The maximum Gasteiger partial charge on any atom is 0.195 e. The molecule has 0 saturated heterocycles. The number of hydrogen-bond donors (Lipinski definition) is 2. The molecule has 2 N–H and O–H groups in total. The molecule has 5 nitrogen and oxygen atoms in total. The summed E-state index contributed by atoms with van der Waals surface area (Å²) in [7, 11) is 0. The number of aromatic nitrogens is 3. The number of rotatable bonds is 6. The van der Waals surface area contributed by atoms with Crippen molar-refractivity contribution in [3.05, 3.63) is 10.6 Å². The molecule has 0 aliphatic heterocycles. The first-order valence-corrected chi connectivity index (χ1v) is 5.54. The SMILES string of the molecule is OCc1n[nH]c(=S)n1CCOCC1CC1. The average molecular weight is 229 g/mol. The number of hydrogen-bond acceptors (Lipinski definition) is 4. The maximum atomic E-state index is 9.00. The van der Waals surface area contributed by atoms with Crippen LogP contribution < -0.4 is 0 Å². The predicted molar refractivity (Wildman–Crippen MR) is 56.9 cm³/mol. The third-order valence-corrected chi connectivity index (χ3v) is 2.80. The van der Waals surface area contributed by atoms with Crippen LogP contribution in [-0.4, -0.2) is 33.1 Å². The summed E-state index contributed by atoms with van der Waals surface area (Å²) in [4.78, 5) is 0. The summed E-state index contributed by atoms with van der Waals surface area (Å²) >= 11 is 5.03. The normalized spacial score (nSPS) is 15.8. The number of aromatic amines is 1. The summed E-state index contributed by atoms with van der Waals surface area (Å²) < 4.78 is 7.80. The smallest absolute Gasteiger partial charge is 0.195 e. The largest absolute Gasteiger partial charge is 0.388 e. The van der Waals surface area contributed by atoms with Crippen LogP contribution in [-0.2, 0) is 17.9 Å². The molecule has 1 saturated carbocycles. The van der Waals surface area contributed by atoms with Gasteiger partial charge in [0.1, 0.15) is 6.61 Å². The number of aliphatic hydroxyl groups excluding tert-OH is 1. The fourth-order valence-electron chi connectivity index (χ4n) is 1.39. The second-order valence-electron chi connectivity index (χ2n) is 3.77. The Morgan fingerprint density at radius 1 is 1.60 bits per heavy atom. The minimum Gasteiger partial charge on any atom is -0.388 e. The minimum absolute atomic E-state index is 0.101. The Morgan fingerprint density at radius 2 is 2.40 bits per heavy atom. The highest BCUT2D eigenvalue weighted by Gasteiger charge is 2.20. The van der Waals surface area contributed by atoms with E-state index in [-0.39, 0.29) is 6.61 Å². The Hall–Kier alpha value is -0.720. The number of ether oxygens (including phenoxy) is 1. The van der Waals surface area contributed by atoms with Crippen molar-refractivity contribution in [1.29, 1.82) is 0 Å². The summed E-state index contributed by atoms with van der Waals surface area (Å²) in [6.07, 6.45) is 2.60. The van der Waals surface area contributed by atoms with Crippen molar-refractivity contribution in [3.8, 4) is 0 Å². The van der Waals surface area contributed by atoms with E-state index in [0.29, 0.717) is 23.7 Å². The number of nitrogens with one attached hydrogen (secondary N) is 1. The van der Waals surface area contributed by atoms with Gasteiger partial charge in [-0.25, -0.2) is 0 Å². The second kappa shape index (κ2) is 4.87. The van der Waals surface area contributed by atoms with E-state index in [0.717, 1.165) is 12.5 Å². The Balaban J connectivity index is 1.80. The van der Waals surface area contributed by atoms with E-state index in [1.807, 2.05) is 0 Å². The van der Waals surface area contributed by atoms with E-state index in [1.165, 1.54) is 12.8 Å². The predicted octanol–water partition coefficient (Wildman–Crippen LogP) is 0.860. The summed E-state index contributed by atoms with van der Waals surface area (Å²) in [6.45, 7) is 2.02. The topological polar surface area (TPSA) is 63.1 Å². The summed E-state index contributed by atoms with van der Waals surface area (Å²) in [5.41, 5.74) is 0. The fraction of sp³-hybridized carbons (Fsp3) is 0.778. The highest BCUT2D eigenvalue weighted by Crippen LogP contribution is 2.28. The van der Waals surface area contributed by atoms with Crippen LogP contribution in [0.15, 0.2) is 0 Å². The lowest BCUT2D eigenvalue weighted by Crippen LogP contribution is -2.10. The lowest BCUT2D eigenvalue weighted by molar-refractivity contribution is 0.115. The van der Waals surface area contributed by atoms with Gasteiger partial charge in [-0.2, -0.15) is 5.10 Å². The molecule has 0 unspecified atom stereocenters. The zero-order chi connectivity index (χ0) is 10.7. The molecule has 0 atom stereocenters. The van der Waals surface area contributed by atoms with E-state index >= 15 is 0 Å². The molecule has 84 valence electrons. The van der Waals surface area contributed by atoms with Crippen LogP contribution in [0.5, 0.6) is 0 Å². The van der Waals surface area contributed by atoms with Crippen LogP contribution >= 0.6 is 12.2 Å². The van der Waals surface area contributed by atoms with Gasteiger partial charge < -0.3 is 9.84 Å². The van der Waals surface area contributed by atoms with Crippen LogP contribution in [0.1, 0.15) is 18.7 Å². The Bertz CT molecular complexity index is 370. The highest BCUT2D eigenvalue weighted by molar-refractivity contribution is 7.71. The molecule has 0 aromatic carbocycles. The zero-order valence-corrected chi connectivity index (χ0v) is 9.29. The van der Waals surface area contributed by atoms with Gasteiger partial charge in [0.15, 0.2) is 10.6 Å². The third kappa shape index (κ3) is 2.87. The Kier molecular flexibility index (Phi) is 3.50. The van der Waals surface area contributed by atoms with Gasteiger partial charge in [0.2, 0.25) is 0 Å². The van der Waals surface area contributed by atoms with Gasteiger partial charge >= 0.3 is 0 Å². The van der Waals surface area contributed by atoms with E-state index in [1.54, 1.807) is 4.57 Å². The summed E-state index contributed by atoms with van der Waals surface area (Å²) in [5.74, 6) is 1.34. The monoisotopic (exact) mass is 229 g/mol. The van der Waals surface area contributed by atoms with Crippen molar-refractivity contribution in [2.75, 3.05) is 13.2 Å². The first kappa shape index (κ1) is 10.8. The molecule has 1 fully saturated rings. The average Bonchev–Trinajstić information content (AvgIpc) is 2.99. The highest BCUT2D eigenvalue weighted by atomic mass is 32.1. The van der Waals surface area contributed by atoms with Crippen molar-refractivity contribution in [2.24, 2.45) is 5.92 Å². The fourth-order valence-corrected chi connectivity index (χ4v) is 1.63. The molecule has 2 rings (SSSR count). The van der Waals surface area contributed by atoms with Gasteiger partial charge in [-0.15, -0.1) is 0 Å². The van der Waals surface area contributed by atoms with E-state index in [4.69, 9.17) is 22.1 Å². The molecule has 1 aliphatic carbocycles. The number of aliphatic hydroxyl groups is 1. The minimum atomic E-state index is -0.101. The maximum absolute atomic E-state index is 9.00. The van der Waals surface area contributed by atoms with Crippen LogP contribution in [0.2, 0.25) is 0 Å². The van der Waals surface area contributed by atoms with Crippen molar-refractivity contribution in [2.45, 2.75) is 26.0 Å². The molecular weight excluding hydrogens is 214 g/mol.